The second-order valence-electron chi connectivity index (χ2n) is 6.67. The molecule has 0 aliphatic carbocycles. The number of anilines is 2. The van der Waals surface area contributed by atoms with Crippen LogP contribution in [0.2, 0.25) is 0 Å². The molecule has 8 heteroatoms. The summed E-state index contributed by atoms with van der Waals surface area (Å²) in [5.74, 6) is -0.711. The van der Waals surface area contributed by atoms with E-state index in [0.717, 1.165) is 16.9 Å². The zero-order valence-corrected chi connectivity index (χ0v) is 17.6. The quantitative estimate of drug-likeness (QED) is 0.407. The fourth-order valence-electron chi connectivity index (χ4n) is 2.85. The number of ether oxygens (including phenoxy) is 1. The fraction of sp³-hybridized carbons (Fsp3) is 0.0417. The van der Waals surface area contributed by atoms with Crippen molar-refractivity contribution in [3.05, 3.63) is 96.3 Å². The van der Waals surface area contributed by atoms with E-state index in [4.69, 9.17) is 4.74 Å². The molecule has 0 spiro atoms. The van der Waals surface area contributed by atoms with Gasteiger partial charge in [-0.1, -0.05) is 59.9 Å². The molecule has 6 nitrogen and oxygen atoms in total. The number of hydrogen-bond acceptors (Lipinski definition) is 5. The topological polar surface area (TPSA) is 80.3 Å². The van der Waals surface area contributed by atoms with Crippen LogP contribution >= 0.6 is 11.3 Å². The zero-order chi connectivity index (χ0) is 22.3. The highest BCUT2D eigenvalue weighted by molar-refractivity contribution is 7.20. The molecule has 160 valence electrons. The molecule has 1 aromatic heterocycles. The molecule has 0 aliphatic heterocycles. The normalized spacial score (nSPS) is 10.4. The Bertz CT molecular complexity index is 1210. The number of nitrogens with one attached hydrogen (secondary N) is 2. The summed E-state index contributed by atoms with van der Waals surface area (Å²) in [4.78, 5) is 29.5. The van der Waals surface area contributed by atoms with Crippen molar-refractivity contribution in [2.24, 2.45) is 0 Å². The van der Waals surface area contributed by atoms with E-state index in [9.17, 15) is 14.0 Å². The van der Waals surface area contributed by atoms with Crippen LogP contribution in [0.1, 0.15) is 10.4 Å². The smallest absolute Gasteiger partial charge is 0.264 e. The third-order valence-electron chi connectivity index (χ3n) is 4.37. The molecule has 0 radical (unpaired) electrons. The Morgan fingerprint density at radius 3 is 2.22 bits per heavy atom. The lowest BCUT2D eigenvalue weighted by molar-refractivity contribution is -0.118. The van der Waals surface area contributed by atoms with Crippen LogP contribution in [-0.2, 0) is 4.79 Å². The van der Waals surface area contributed by atoms with Gasteiger partial charge in [-0.05, 0) is 36.4 Å². The second-order valence-corrected chi connectivity index (χ2v) is 7.67. The second kappa shape index (κ2) is 9.84. The van der Waals surface area contributed by atoms with Crippen molar-refractivity contribution in [3.8, 4) is 17.0 Å². The van der Waals surface area contributed by atoms with Gasteiger partial charge in [0.15, 0.2) is 11.7 Å². The lowest BCUT2D eigenvalue weighted by atomic mass is 10.1. The average molecular weight is 447 g/mol. The SMILES string of the molecule is O=C(COc1ccc(F)cc1)Nc1nc(-c2ccccc2)c(NC(=O)c2ccccc2)s1. The first-order valence-corrected chi connectivity index (χ1v) is 10.5. The van der Waals surface area contributed by atoms with Gasteiger partial charge in [-0.25, -0.2) is 9.37 Å². The van der Waals surface area contributed by atoms with Gasteiger partial charge in [0.25, 0.3) is 11.8 Å². The van der Waals surface area contributed by atoms with Crippen LogP contribution in [0.15, 0.2) is 84.9 Å². The van der Waals surface area contributed by atoms with Gasteiger partial charge < -0.3 is 10.1 Å². The van der Waals surface area contributed by atoms with Gasteiger partial charge in [0, 0.05) is 11.1 Å². The van der Waals surface area contributed by atoms with Crippen LogP contribution < -0.4 is 15.4 Å². The molecule has 0 saturated carbocycles. The molecule has 2 N–H and O–H groups in total. The molecule has 0 saturated heterocycles. The summed E-state index contributed by atoms with van der Waals surface area (Å²) in [6.45, 7) is -0.266. The van der Waals surface area contributed by atoms with Gasteiger partial charge in [-0.3, -0.25) is 14.9 Å². The summed E-state index contributed by atoms with van der Waals surface area (Å²) in [6, 6.07) is 23.6. The zero-order valence-electron chi connectivity index (χ0n) is 16.7. The average Bonchev–Trinajstić information content (AvgIpc) is 3.21. The van der Waals surface area contributed by atoms with Gasteiger partial charge in [-0.2, -0.15) is 0 Å². The van der Waals surface area contributed by atoms with E-state index in [2.05, 4.69) is 15.6 Å². The minimum Gasteiger partial charge on any atom is -0.484 e. The first-order chi connectivity index (χ1) is 15.6. The monoisotopic (exact) mass is 447 g/mol. The summed E-state index contributed by atoms with van der Waals surface area (Å²) in [7, 11) is 0. The first kappa shape index (κ1) is 21.2. The van der Waals surface area contributed by atoms with Crippen molar-refractivity contribution in [2.75, 3.05) is 17.2 Å². The molecule has 0 unspecified atom stereocenters. The molecule has 4 aromatic rings. The van der Waals surface area contributed by atoms with E-state index in [0.29, 0.717) is 27.1 Å². The predicted molar refractivity (Wildman–Crippen MR) is 122 cm³/mol. The number of hydrogen-bond donors (Lipinski definition) is 2. The van der Waals surface area contributed by atoms with Gasteiger partial charge in [-0.15, -0.1) is 0 Å². The molecule has 0 aliphatic rings. The number of carbonyl (C=O) groups is 2. The summed E-state index contributed by atoms with van der Waals surface area (Å²) in [6.07, 6.45) is 0. The molecule has 4 rings (SSSR count). The first-order valence-electron chi connectivity index (χ1n) is 9.69. The Morgan fingerprint density at radius 2 is 1.53 bits per heavy atom. The van der Waals surface area contributed by atoms with Crippen molar-refractivity contribution in [1.29, 1.82) is 0 Å². The third kappa shape index (κ3) is 5.35. The summed E-state index contributed by atoms with van der Waals surface area (Å²) >= 11 is 1.15. The van der Waals surface area contributed by atoms with Gasteiger partial charge in [0.05, 0.1) is 0 Å². The number of rotatable bonds is 7. The Labute approximate surface area is 187 Å². The lowest BCUT2D eigenvalue weighted by Crippen LogP contribution is -2.20. The maximum atomic E-state index is 13.0. The molecule has 1 heterocycles. The maximum Gasteiger partial charge on any atom is 0.264 e. The summed E-state index contributed by atoms with van der Waals surface area (Å²) < 4.78 is 18.3. The van der Waals surface area contributed by atoms with Crippen molar-refractivity contribution < 1.29 is 18.7 Å². The van der Waals surface area contributed by atoms with Crippen molar-refractivity contribution in [1.82, 2.24) is 4.98 Å². The van der Waals surface area contributed by atoms with Gasteiger partial charge in [0.2, 0.25) is 0 Å². The highest BCUT2D eigenvalue weighted by Crippen LogP contribution is 2.36. The molecule has 32 heavy (non-hydrogen) atoms. The standard InChI is InChI=1S/C24H18FN3O3S/c25-18-11-13-19(14-12-18)31-15-20(29)26-24-27-21(16-7-3-1-4-8-16)23(32-24)28-22(30)17-9-5-2-6-10-17/h1-14H,15H2,(H,28,30)(H,26,27,29). The lowest BCUT2D eigenvalue weighted by Gasteiger charge is -2.05. The number of halogens is 1. The largest absolute Gasteiger partial charge is 0.484 e. The summed E-state index contributed by atoms with van der Waals surface area (Å²) in [5, 5.41) is 6.40. The molecular formula is C24H18FN3O3S. The van der Waals surface area contributed by atoms with Crippen molar-refractivity contribution in [3.63, 3.8) is 0 Å². The van der Waals surface area contributed by atoms with Crippen molar-refractivity contribution in [2.45, 2.75) is 0 Å². The number of amides is 2. The minimum absolute atomic E-state index is 0.266. The van der Waals surface area contributed by atoms with E-state index in [-0.39, 0.29) is 18.3 Å². The molecule has 0 atom stereocenters. The Kier molecular flexibility index (Phi) is 6.52. The number of carbonyl (C=O) groups excluding carboxylic acids is 2. The van der Waals surface area contributed by atoms with Crippen LogP contribution in [-0.4, -0.2) is 23.4 Å². The van der Waals surface area contributed by atoms with Crippen molar-refractivity contribution >= 4 is 33.3 Å². The summed E-state index contributed by atoms with van der Waals surface area (Å²) in [5.41, 5.74) is 1.86. The van der Waals surface area contributed by atoms with Gasteiger partial charge >= 0.3 is 0 Å². The highest BCUT2D eigenvalue weighted by Gasteiger charge is 2.18. The van der Waals surface area contributed by atoms with E-state index in [1.165, 1.54) is 24.3 Å². The molecular weight excluding hydrogens is 429 g/mol. The van der Waals surface area contributed by atoms with E-state index >= 15 is 0 Å². The number of aromatic nitrogens is 1. The molecule has 2 amide bonds. The highest BCUT2D eigenvalue weighted by atomic mass is 32.1. The van der Waals surface area contributed by atoms with Crippen LogP contribution in [0.25, 0.3) is 11.3 Å². The predicted octanol–water partition coefficient (Wildman–Crippen LogP) is 5.22. The van der Waals surface area contributed by atoms with Gasteiger partial charge in [0.1, 0.15) is 22.3 Å². The molecule has 3 aromatic carbocycles. The minimum atomic E-state index is -0.427. The fourth-order valence-corrected chi connectivity index (χ4v) is 3.75. The maximum absolute atomic E-state index is 13.0. The Hall–Kier alpha value is -4.04. The molecule has 0 bridgehead atoms. The van der Waals surface area contributed by atoms with Crippen LogP contribution in [0.4, 0.5) is 14.5 Å². The van der Waals surface area contributed by atoms with E-state index in [1.807, 2.05) is 36.4 Å². The third-order valence-corrected chi connectivity index (χ3v) is 5.25. The number of nitrogens with zero attached hydrogens (tertiary/aromatic N) is 1. The number of thiazole rings is 1. The van der Waals surface area contributed by atoms with E-state index < -0.39 is 5.91 Å². The number of benzene rings is 3. The van der Waals surface area contributed by atoms with E-state index in [1.54, 1.807) is 24.3 Å². The molecule has 0 fully saturated rings. The Balaban J connectivity index is 1.50. The van der Waals surface area contributed by atoms with Crippen LogP contribution in [0.5, 0.6) is 5.75 Å². The van der Waals surface area contributed by atoms with Crippen LogP contribution in [0.3, 0.4) is 0 Å². The Morgan fingerprint density at radius 1 is 0.875 bits per heavy atom. The van der Waals surface area contributed by atoms with Crippen LogP contribution in [0, 0.1) is 5.82 Å².